The summed E-state index contributed by atoms with van der Waals surface area (Å²) >= 11 is 3.59. The van der Waals surface area contributed by atoms with E-state index in [1.54, 1.807) is 22.7 Å². The number of aliphatic imine (C=N–C) groups is 1. The molecule has 2 N–H and O–H groups in total. The summed E-state index contributed by atoms with van der Waals surface area (Å²) in [6.07, 6.45) is 5.95. The van der Waals surface area contributed by atoms with E-state index in [-0.39, 0.29) is 24.0 Å². The molecule has 2 heterocycles. The molecule has 0 amide bonds. The molecule has 0 saturated heterocycles. The first-order chi connectivity index (χ1) is 13.3. The van der Waals surface area contributed by atoms with Crippen LogP contribution in [-0.4, -0.2) is 35.6 Å². The fourth-order valence-corrected chi connectivity index (χ4v) is 4.58. The summed E-state index contributed by atoms with van der Waals surface area (Å²) in [6.45, 7) is 6.76. The van der Waals surface area contributed by atoms with Gasteiger partial charge in [0.1, 0.15) is 0 Å². The Kier molecular flexibility index (Phi) is 10.1. The second kappa shape index (κ2) is 12.3. The van der Waals surface area contributed by atoms with E-state index in [1.807, 2.05) is 12.3 Å². The Morgan fingerprint density at radius 3 is 2.68 bits per heavy atom. The predicted molar refractivity (Wildman–Crippen MR) is 133 cm³/mol. The SMILES string of the molecule is CCNC(=NCCCc1nc2ccccc2s1)NCCc1ncc(CC)s1.I. The molecule has 0 radical (unpaired) electrons. The van der Waals surface area contributed by atoms with Crippen molar-refractivity contribution in [3.05, 3.63) is 45.4 Å². The Hall–Kier alpha value is -1.26. The minimum atomic E-state index is 0. The van der Waals surface area contributed by atoms with Gasteiger partial charge in [0, 0.05) is 43.5 Å². The lowest BCUT2D eigenvalue weighted by atomic mass is 10.3. The van der Waals surface area contributed by atoms with Crippen LogP contribution in [0.1, 0.15) is 35.2 Å². The second-order valence-electron chi connectivity index (χ2n) is 6.19. The average molecular weight is 530 g/mol. The molecule has 0 aliphatic carbocycles. The molecular formula is C20H28IN5S2. The number of hydrogen-bond donors (Lipinski definition) is 2. The summed E-state index contributed by atoms with van der Waals surface area (Å²) in [5, 5.41) is 9.10. The maximum atomic E-state index is 4.69. The maximum absolute atomic E-state index is 4.69. The minimum absolute atomic E-state index is 0. The highest BCUT2D eigenvalue weighted by Crippen LogP contribution is 2.22. The Bertz CT molecular complexity index is 841. The highest BCUT2D eigenvalue weighted by atomic mass is 127. The normalized spacial score (nSPS) is 11.4. The van der Waals surface area contributed by atoms with Crippen molar-refractivity contribution < 1.29 is 0 Å². The molecule has 1 aromatic carbocycles. The summed E-state index contributed by atoms with van der Waals surface area (Å²) in [5.74, 6) is 0.883. The van der Waals surface area contributed by atoms with Gasteiger partial charge in [-0.05, 0) is 31.9 Å². The fraction of sp³-hybridized carbons (Fsp3) is 0.450. The van der Waals surface area contributed by atoms with Crippen LogP contribution in [0, 0.1) is 0 Å². The van der Waals surface area contributed by atoms with Gasteiger partial charge in [-0.1, -0.05) is 19.1 Å². The van der Waals surface area contributed by atoms with Gasteiger partial charge in [-0.15, -0.1) is 46.7 Å². The third-order valence-corrected chi connectivity index (χ3v) is 6.38. The molecule has 0 aliphatic heterocycles. The van der Waals surface area contributed by atoms with Crippen LogP contribution >= 0.6 is 46.7 Å². The van der Waals surface area contributed by atoms with Gasteiger partial charge in [0.05, 0.1) is 20.2 Å². The van der Waals surface area contributed by atoms with E-state index in [0.29, 0.717) is 0 Å². The summed E-state index contributed by atoms with van der Waals surface area (Å²) in [4.78, 5) is 15.2. The van der Waals surface area contributed by atoms with Crippen molar-refractivity contribution in [1.82, 2.24) is 20.6 Å². The molecular weight excluding hydrogens is 501 g/mol. The smallest absolute Gasteiger partial charge is 0.191 e. The van der Waals surface area contributed by atoms with Crippen molar-refractivity contribution in [2.45, 2.75) is 39.5 Å². The zero-order valence-corrected chi connectivity index (χ0v) is 20.4. The average Bonchev–Trinajstić information content (AvgIpc) is 3.31. The van der Waals surface area contributed by atoms with E-state index in [9.17, 15) is 0 Å². The van der Waals surface area contributed by atoms with Crippen molar-refractivity contribution in [3.63, 3.8) is 0 Å². The highest BCUT2D eigenvalue weighted by Gasteiger charge is 2.04. The lowest BCUT2D eigenvalue weighted by Crippen LogP contribution is -2.38. The number of guanidine groups is 1. The quantitative estimate of drug-likeness (QED) is 0.183. The van der Waals surface area contributed by atoms with Gasteiger partial charge < -0.3 is 10.6 Å². The summed E-state index contributed by atoms with van der Waals surface area (Å²) in [7, 11) is 0. The van der Waals surface area contributed by atoms with E-state index in [2.05, 4.69) is 52.7 Å². The third kappa shape index (κ3) is 6.97. The highest BCUT2D eigenvalue weighted by molar-refractivity contribution is 14.0. The van der Waals surface area contributed by atoms with Crippen LogP contribution in [0.15, 0.2) is 35.5 Å². The zero-order valence-electron chi connectivity index (χ0n) is 16.4. The number of halogens is 1. The number of para-hydroxylation sites is 1. The number of benzene rings is 1. The fourth-order valence-electron chi connectivity index (χ4n) is 2.70. The van der Waals surface area contributed by atoms with Crippen molar-refractivity contribution in [1.29, 1.82) is 0 Å². The number of nitrogens with zero attached hydrogens (tertiary/aromatic N) is 3. The molecule has 3 rings (SSSR count). The van der Waals surface area contributed by atoms with Crippen LogP contribution in [-0.2, 0) is 19.3 Å². The first kappa shape index (κ1) is 23.0. The molecule has 0 aliphatic rings. The Balaban J connectivity index is 0.00000280. The van der Waals surface area contributed by atoms with E-state index in [0.717, 1.165) is 56.8 Å². The largest absolute Gasteiger partial charge is 0.357 e. The van der Waals surface area contributed by atoms with Crippen molar-refractivity contribution >= 4 is 62.8 Å². The number of hydrogen-bond acceptors (Lipinski definition) is 5. The third-order valence-electron chi connectivity index (χ3n) is 4.08. The molecule has 0 saturated carbocycles. The van der Waals surface area contributed by atoms with Crippen LogP contribution < -0.4 is 10.6 Å². The monoisotopic (exact) mass is 529 g/mol. The summed E-state index contributed by atoms with van der Waals surface area (Å²) < 4.78 is 1.26. The predicted octanol–water partition coefficient (Wildman–Crippen LogP) is 4.66. The summed E-state index contributed by atoms with van der Waals surface area (Å²) in [5.41, 5.74) is 1.10. The topological polar surface area (TPSA) is 62.2 Å². The first-order valence-electron chi connectivity index (χ1n) is 9.58. The molecule has 0 fully saturated rings. The van der Waals surface area contributed by atoms with Crippen molar-refractivity contribution in [2.24, 2.45) is 4.99 Å². The lowest BCUT2D eigenvalue weighted by Gasteiger charge is -2.10. The standard InChI is InChI=1S/C20H27N5S2.HI/c1-3-15-14-24-18(26-15)11-13-23-20(21-4-2)22-12-7-10-19-25-16-8-5-6-9-17(16)27-19;/h5-6,8-9,14H,3-4,7,10-13H2,1-2H3,(H2,21,22,23);1H. The van der Waals surface area contributed by atoms with Crippen LogP contribution in [0.5, 0.6) is 0 Å². The number of fused-ring (bicyclic) bond motifs is 1. The molecule has 28 heavy (non-hydrogen) atoms. The Labute approximate surface area is 192 Å². The van der Waals surface area contributed by atoms with Gasteiger partial charge in [0.25, 0.3) is 0 Å². The number of aryl methyl sites for hydroxylation is 2. The molecule has 3 aromatic rings. The van der Waals surface area contributed by atoms with Gasteiger partial charge in [0.2, 0.25) is 0 Å². The number of aromatic nitrogens is 2. The minimum Gasteiger partial charge on any atom is -0.357 e. The first-order valence-corrected chi connectivity index (χ1v) is 11.2. The van der Waals surface area contributed by atoms with E-state index >= 15 is 0 Å². The van der Waals surface area contributed by atoms with E-state index in [4.69, 9.17) is 4.98 Å². The van der Waals surface area contributed by atoms with E-state index < -0.39 is 0 Å². The second-order valence-corrected chi connectivity index (χ2v) is 8.51. The number of nitrogens with one attached hydrogen (secondary N) is 2. The Morgan fingerprint density at radius 1 is 1.07 bits per heavy atom. The molecule has 0 atom stereocenters. The van der Waals surface area contributed by atoms with Crippen LogP contribution in [0.4, 0.5) is 0 Å². The van der Waals surface area contributed by atoms with Crippen LogP contribution in [0.2, 0.25) is 0 Å². The molecule has 0 unspecified atom stereocenters. The van der Waals surface area contributed by atoms with E-state index in [1.165, 1.54) is 19.6 Å². The van der Waals surface area contributed by atoms with Gasteiger partial charge in [-0.3, -0.25) is 4.99 Å². The molecule has 0 spiro atoms. The molecule has 5 nitrogen and oxygen atoms in total. The number of thiazole rings is 2. The van der Waals surface area contributed by atoms with Gasteiger partial charge in [-0.25, -0.2) is 9.97 Å². The van der Waals surface area contributed by atoms with Crippen LogP contribution in [0.25, 0.3) is 10.2 Å². The molecule has 8 heteroatoms. The molecule has 2 aromatic heterocycles. The zero-order chi connectivity index (χ0) is 18.9. The van der Waals surface area contributed by atoms with Crippen molar-refractivity contribution in [2.75, 3.05) is 19.6 Å². The summed E-state index contributed by atoms with van der Waals surface area (Å²) in [6, 6.07) is 8.32. The number of rotatable bonds is 9. The Morgan fingerprint density at radius 2 is 1.93 bits per heavy atom. The van der Waals surface area contributed by atoms with Gasteiger partial charge >= 0.3 is 0 Å². The van der Waals surface area contributed by atoms with Gasteiger partial charge in [-0.2, -0.15) is 0 Å². The molecule has 152 valence electrons. The molecule has 0 bridgehead atoms. The van der Waals surface area contributed by atoms with Crippen LogP contribution in [0.3, 0.4) is 0 Å². The maximum Gasteiger partial charge on any atom is 0.191 e. The van der Waals surface area contributed by atoms with Crippen molar-refractivity contribution in [3.8, 4) is 0 Å². The van der Waals surface area contributed by atoms with Gasteiger partial charge in [0.15, 0.2) is 5.96 Å². The lowest BCUT2D eigenvalue weighted by molar-refractivity contribution is 0.774.